The van der Waals surface area contributed by atoms with Gasteiger partial charge in [-0.3, -0.25) is 0 Å². The number of rotatable bonds is 2. The second kappa shape index (κ2) is 6.16. The van der Waals surface area contributed by atoms with Crippen LogP contribution in [0.4, 0.5) is 10.5 Å². The third-order valence-electron chi connectivity index (χ3n) is 4.13. The van der Waals surface area contributed by atoms with Crippen LogP contribution < -0.4 is 5.32 Å². The minimum absolute atomic E-state index is 0.153. The van der Waals surface area contributed by atoms with Gasteiger partial charge in [0.25, 0.3) is 0 Å². The zero-order valence-corrected chi connectivity index (χ0v) is 12.7. The molecule has 1 heterocycles. The van der Waals surface area contributed by atoms with E-state index >= 15 is 0 Å². The Hall–Kier alpha value is -2.04. The Kier molecular flexibility index (Phi) is 4.50. The van der Waals surface area contributed by atoms with Gasteiger partial charge in [0, 0.05) is 18.3 Å². The number of carboxylic acid groups (broad SMARTS) is 1. The summed E-state index contributed by atoms with van der Waals surface area (Å²) in [6, 6.07) is 4.81. The molecule has 1 fully saturated rings. The first-order chi connectivity index (χ1) is 9.88. The number of benzene rings is 1. The first-order valence-electron chi connectivity index (χ1n) is 7.30. The summed E-state index contributed by atoms with van der Waals surface area (Å²) >= 11 is 0. The molecule has 2 rings (SSSR count). The summed E-state index contributed by atoms with van der Waals surface area (Å²) in [7, 11) is 0. The highest BCUT2D eigenvalue weighted by Crippen LogP contribution is 2.24. The van der Waals surface area contributed by atoms with Crippen molar-refractivity contribution in [2.75, 3.05) is 11.9 Å². The van der Waals surface area contributed by atoms with Gasteiger partial charge in [0.2, 0.25) is 0 Å². The van der Waals surface area contributed by atoms with Gasteiger partial charge in [0.05, 0.1) is 5.56 Å². The van der Waals surface area contributed by atoms with Crippen LogP contribution >= 0.6 is 0 Å². The number of carboxylic acids is 1. The van der Waals surface area contributed by atoms with Crippen LogP contribution in [-0.2, 0) is 0 Å². The van der Waals surface area contributed by atoms with E-state index in [9.17, 15) is 9.59 Å². The van der Waals surface area contributed by atoms with Crippen LogP contribution in [0.5, 0.6) is 0 Å². The molecule has 1 aromatic carbocycles. The molecule has 0 spiro atoms. The first-order valence-corrected chi connectivity index (χ1v) is 7.30. The van der Waals surface area contributed by atoms with Crippen molar-refractivity contribution in [3.8, 4) is 0 Å². The molecule has 2 unspecified atom stereocenters. The topological polar surface area (TPSA) is 69.6 Å². The lowest BCUT2D eigenvalue weighted by atomic mass is 9.94. The maximum atomic E-state index is 12.4. The fraction of sp³-hybridized carbons (Fsp3) is 0.500. The minimum Gasteiger partial charge on any atom is -0.478 e. The average Bonchev–Trinajstić information content (AvgIpc) is 2.40. The number of hydrogen-bond acceptors (Lipinski definition) is 2. The third kappa shape index (κ3) is 3.54. The molecular formula is C16H22N2O3. The summed E-state index contributed by atoms with van der Waals surface area (Å²) in [5.74, 6) is -0.355. The van der Waals surface area contributed by atoms with Crippen LogP contribution in [0.15, 0.2) is 18.2 Å². The summed E-state index contributed by atoms with van der Waals surface area (Å²) in [6.07, 6.45) is 2.01. The van der Waals surface area contributed by atoms with E-state index in [1.165, 1.54) is 6.07 Å². The predicted octanol–water partition coefficient (Wildman–Crippen LogP) is 3.35. The molecular weight excluding hydrogens is 268 g/mol. The van der Waals surface area contributed by atoms with Gasteiger partial charge in [0.1, 0.15) is 0 Å². The number of likely N-dealkylation sites (tertiary alicyclic amines) is 1. The fourth-order valence-corrected chi connectivity index (χ4v) is 2.79. The number of nitrogens with one attached hydrogen (secondary N) is 1. The lowest BCUT2D eigenvalue weighted by molar-refractivity contribution is 0.0697. The Balaban J connectivity index is 2.12. The van der Waals surface area contributed by atoms with Crippen LogP contribution in [0.1, 0.15) is 42.6 Å². The number of carbonyl (C=O) groups is 2. The summed E-state index contributed by atoms with van der Waals surface area (Å²) in [5.41, 5.74) is 1.59. The Labute approximate surface area is 125 Å². The van der Waals surface area contributed by atoms with Crippen LogP contribution in [0, 0.1) is 12.8 Å². The summed E-state index contributed by atoms with van der Waals surface area (Å²) in [6.45, 7) is 6.84. The molecule has 0 bridgehead atoms. The van der Waals surface area contributed by atoms with E-state index in [0.29, 0.717) is 11.6 Å². The van der Waals surface area contributed by atoms with Crippen LogP contribution in [-0.4, -0.2) is 34.6 Å². The van der Waals surface area contributed by atoms with Gasteiger partial charge >= 0.3 is 12.0 Å². The number of aryl methyl sites for hydroxylation is 1. The highest BCUT2D eigenvalue weighted by molar-refractivity contribution is 5.94. The maximum Gasteiger partial charge on any atom is 0.335 e. The molecule has 2 N–H and O–H groups in total. The Morgan fingerprint density at radius 1 is 1.33 bits per heavy atom. The van der Waals surface area contributed by atoms with Crippen LogP contribution in [0.2, 0.25) is 0 Å². The van der Waals surface area contributed by atoms with E-state index in [2.05, 4.69) is 19.2 Å². The number of amides is 2. The summed E-state index contributed by atoms with van der Waals surface area (Å²) in [5, 5.41) is 11.9. The van der Waals surface area contributed by atoms with Crippen molar-refractivity contribution in [3.05, 3.63) is 29.3 Å². The molecule has 0 aromatic heterocycles. The van der Waals surface area contributed by atoms with Crippen molar-refractivity contribution in [2.45, 2.75) is 39.7 Å². The molecule has 1 saturated heterocycles. The van der Waals surface area contributed by atoms with Crippen molar-refractivity contribution in [2.24, 2.45) is 5.92 Å². The number of aromatic carboxylic acids is 1. The van der Waals surface area contributed by atoms with E-state index in [-0.39, 0.29) is 17.6 Å². The molecule has 0 radical (unpaired) electrons. The maximum absolute atomic E-state index is 12.4. The predicted molar refractivity (Wildman–Crippen MR) is 81.7 cm³/mol. The Bertz CT molecular complexity index is 556. The molecule has 5 heteroatoms. The van der Waals surface area contributed by atoms with Crippen LogP contribution in [0.3, 0.4) is 0 Å². The molecule has 5 nitrogen and oxygen atoms in total. The molecule has 2 atom stereocenters. The Morgan fingerprint density at radius 2 is 2.05 bits per heavy atom. The molecule has 1 aromatic rings. The molecule has 2 amide bonds. The summed E-state index contributed by atoms with van der Waals surface area (Å²) in [4.78, 5) is 25.2. The third-order valence-corrected chi connectivity index (χ3v) is 4.13. The second-order valence-corrected chi connectivity index (χ2v) is 5.94. The first kappa shape index (κ1) is 15.4. The van der Waals surface area contributed by atoms with Gasteiger partial charge in [0.15, 0.2) is 0 Å². The monoisotopic (exact) mass is 290 g/mol. The SMILES string of the molecule is Cc1ccc(C(=O)O)cc1NC(=O)N1CCC(C)CC1C. The lowest BCUT2D eigenvalue weighted by Crippen LogP contribution is -2.46. The Morgan fingerprint density at radius 3 is 2.67 bits per heavy atom. The second-order valence-electron chi connectivity index (χ2n) is 5.94. The van der Waals surface area contributed by atoms with Gasteiger partial charge in [-0.05, 0) is 50.3 Å². The average molecular weight is 290 g/mol. The zero-order valence-electron chi connectivity index (χ0n) is 12.7. The smallest absolute Gasteiger partial charge is 0.335 e. The fourth-order valence-electron chi connectivity index (χ4n) is 2.79. The standard InChI is InChI=1S/C16H22N2O3/c1-10-6-7-18(12(3)8-10)16(21)17-14-9-13(15(19)20)5-4-11(14)2/h4-5,9-10,12H,6-8H2,1-3H3,(H,17,21)(H,19,20). The van der Waals surface area contributed by atoms with Crippen molar-refractivity contribution in [3.63, 3.8) is 0 Å². The van der Waals surface area contributed by atoms with Crippen molar-refractivity contribution in [1.29, 1.82) is 0 Å². The van der Waals surface area contributed by atoms with Crippen LogP contribution in [0.25, 0.3) is 0 Å². The number of urea groups is 1. The molecule has 1 aliphatic rings. The molecule has 1 aliphatic heterocycles. The summed E-state index contributed by atoms with van der Waals surface area (Å²) < 4.78 is 0. The lowest BCUT2D eigenvalue weighted by Gasteiger charge is -2.36. The van der Waals surface area contributed by atoms with Gasteiger partial charge in [-0.15, -0.1) is 0 Å². The van der Waals surface area contributed by atoms with Crippen molar-refractivity contribution < 1.29 is 14.7 Å². The molecule has 0 aliphatic carbocycles. The number of hydrogen-bond donors (Lipinski definition) is 2. The normalized spacial score (nSPS) is 22.0. The van der Waals surface area contributed by atoms with E-state index in [1.54, 1.807) is 12.1 Å². The number of anilines is 1. The van der Waals surface area contributed by atoms with Gasteiger partial charge in [-0.1, -0.05) is 13.0 Å². The van der Waals surface area contributed by atoms with E-state index in [0.717, 1.165) is 24.9 Å². The number of piperidine rings is 1. The highest BCUT2D eigenvalue weighted by atomic mass is 16.4. The highest BCUT2D eigenvalue weighted by Gasteiger charge is 2.27. The molecule has 21 heavy (non-hydrogen) atoms. The number of nitrogens with zero attached hydrogens (tertiary/aromatic N) is 1. The molecule has 0 saturated carbocycles. The van der Waals surface area contributed by atoms with Crippen molar-refractivity contribution in [1.82, 2.24) is 4.90 Å². The van der Waals surface area contributed by atoms with Gasteiger partial charge in [-0.2, -0.15) is 0 Å². The van der Waals surface area contributed by atoms with E-state index < -0.39 is 5.97 Å². The molecule has 114 valence electrons. The largest absolute Gasteiger partial charge is 0.478 e. The van der Waals surface area contributed by atoms with E-state index in [4.69, 9.17) is 5.11 Å². The van der Waals surface area contributed by atoms with Gasteiger partial charge < -0.3 is 15.3 Å². The quantitative estimate of drug-likeness (QED) is 0.877. The number of carbonyl (C=O) groups excluding carboxylic acids is 1. The zero-order chi connectivity index (χ0) is 15.6. The minimum atomic E-state index is -0.995. The van der Waals surface area contributed by atoms with E-state index in [1.807, 2.05) is 11.8 Å². The van der Waals surface area contributed by atoms with Gasteiger partial charge in [-0.25, -0.2) is 9.59 Å². The van der Waals surface area contributed by atoms with Crippen molar-refractivity contribution >= 4 is 17.7 Å².